The molecule has 0 aliphatic rings. The van der Waals surface area contributed by atoms with Gasteiger partial charge in [-0.3, -0.25) is 0 Å². The second kappa shape index (κ2) is 10.2. The van der Waals surface area contributed by atoms with Crippen LogP contribution in [0.25, 0.3) is 11.1 Å². The van der Waals surface area contributed by atoms with Crippen LogP contribution in [0, 0.1) is 12.8 Å². The third-order valence-corrected chi connectivity index (χ3v) is 6.56. The molecule has 0 radical (unpaired) electrons. The van der Waals surface area contributed by atoms with E-state index < -0.39 is 10.1 Å². The topological polar surface area (TPSA) is 156 Å². The fourth-order valence-corrected chi connectivity index (χ4v) is 4.86. The SMILES string of the molecule is CCOc1cc(Cc2cnc(N)nc2N)cc(OS(=O)(=O)CC(C)C)c1-c1ccc(N)c(C)c1. The first-order chi connectivity index (χ1) is 16.0. The van der Waals surface area contributed by atoms with Crippen LogP contribution in [0.5, 0.6) is 11.5 Å². The van der Waals surface area contributed by atoms with E-state index in [4.69, 9.17) is 26.1 Å². The zero-order chi connectivity index (χ0) is 25.0. The summed E-state index contributed by atoms with van der Waals surface area (Å²) < 4.78 is 37.2. The van der Waals surface area contributed by atoms with E-state index in [1.165, 1.54) is 0 Å². The molecule has 6 N–H and O–H groups in total. The van der Waals surface area contributed by atoms with Crippen molar-refractivity contribution in [1.29, 1.82) is 0 Å². The van der Waals surface area contributed by atoms with E-state index in [9.17, 15) is 8.42 Å². The van der Waals surface area contributed by atoms with Gasteiger partial charge >= 0.3 is 10.1 Å². The number of ether oxygens (including phenoxy) is 1. The van der Waals surface area contributed by atoms with Crippen LogP contribution in [0.4, 0.5) is 17.5 Å². The molecule has 0 atom stereocenters. The van der Waals surface area contributed by atoms with Crippen molar-refractivity contribution < 1.29 is 17.3 Å². The van der Waals surface area contributed by atoms with Crippen LogP contribution in [0.3, 0.4) is 0 Å². The smallest absolute Gasteiger partial charge is 0.309 e. The number of hydrogen-bond acceptors (Lipinski definition) is 9. The maximum Gasteiger partial charge on any atom is 0.309 e. The molecule has 0 spiro atoms. The number of benzene rings is 2. The highest BCUT2D eigenvalue weighted by Gasteiger charge is 2.23. The van der Waals surface area contributed by atoms with Gasteiger partial charge in [0.15, 0.2) is 5.75 Å². The molecule has 0 aliphatic heterocycles. The Morgan fingerprint density at radius 2 is 1.76 bits per heavy atom. The van der Waals surface area contributed by atoms with Gasteiger partial charge in [0.25, 0.3) is 0 Å². The fraction of sp³-hybridized carbons (Fsp3) is 0.333. The van der Waals surface area contributed by atoms with Crippen LogP contribution in [0.1, 0.15) is 37.5 Å². The minimum Gasteiger partial charge on any atom is -0.493 e. The van der Waals surface area contributed by atoms with Gasteiger partial charge in [0, 0.05) is 23.9 Å². The molecule has 0 unspecified atom stereocenters. The van der Waals surface area contributed by atoms with Crippen LogP contribution < -0.4 is 26.1 Å². The van der Waals surface area contributed by atoms with Gasteiger partial charge in [0.05, 0.1) is 17.9 Å². The van der Waals surface area contributed by atoms with E-state index in [0.717, 1.165) is 11.1 Å². The number of rotatable bonds is 9. The van der Waals surface area contributed by atoms with Crippen LogP contribution in [0.15, 0.2) is 36.5 Å². The standard InChI is InChI=1S/C24H31N5O4S/c1-5-32-20-10-16(9-18-12-28-24(27)29-23(18)26)11-21(33-34(30,31)13-14(2)3)22(20)17-6-7-19(25)15(4)8-17/h6-8,10-12,14H,5,9,13,25H2,1-4H3,(H4,26,27,28,29). The zero-order valence-corrected chi connectivity index (χ0v) is 20.6. The lowest BCUT2D eigenvalue weighted by Crippen LogP contribution is -2.18. The summed E-state index contributed by atoms with van der Waals surface area (Å²) in [7, 11) is -3.86. The lowest BCUT2D eigenvalue weighted by molar-refractivity contribution is 0.340. The molecule has 3 aromatic rings. The van der Waals surface area contributed by atoms with Crippen molar-refractivity contribution in [2.45, 2.75) is 34.1 Å². The summed E-state index contributed by atoms with van der Waals surface area (Å²) in [6, 6.07) is 8.97. The normalized spacial score (nSPS) is 11.6. The van der Waals surface area contributed by atoms with Gasteiger partial charge < -0.3 is 26.1 Å². The van der Waals surface area contributed by atoms with Gasteiger partial charge in [0.1, 0.15) is 11.6 Å². The molecule has 1 aromatic heterocycles. The van der Waals surface area contributed by atoms with Crippen molar-refractivity contribution in [1.82, 2.24) is 9.97 Å². The molecular formula is C24H31N5O4S. The van der Waals surface area contributed by atoms with E-state index in [0.29, 0.717) is 41.2 Å². The number of nitrogens with zero attached hydrogens (tertiary/aromatic N) is 2. The van der Waals surface area contributed by atoms with Crippen molar-refractivity contribution in [2.75, 3.05) is 29.6 Å². The van der Waals surface area contributed by atoms with E-state index in [-0.39, 0.29) is 29.2 Å². The van der Waals surface area contributed by atoms with Gasteiger partial charge in [-0.15, -0.1) is 0 Å². The molecule has 0 bridgehead atoms. The minimum atomic E-state index is -3.86. The number of anilines is 3. The number of nitrogens with two attached hydrogens (primary N) is 3. The summed E-state index contributed by atoms with van der Waals surface area (Å²) in [5.41, 5.74) is 21.7. The third-order valence-electron chi connectivity index (χ3n) is 5.05. The Bertz CT molecular complexity index is 1290. The Morgan fingerprint density at radius 3 is 2.38 bits per heavy atom. The Hall–Kier alpha value is -3.53. The molecule has 0 saturated carbocycles. The maximum absolute atomic E-state index is 12.8. The Morgan fingerprint density at radius 1 is 1.06 bits per heavy atom. The van der Waals surface area contributed by atoms with E-state index in [1.807, 2.05) is 45.9 Å². The van der Waals surface area contributed by atoms with Crippen molar-refractivity contribution >= 4 is 27.6 Å². The van der Waals surface area contributed by atoms with Crippen molar-refractivity contribution in [2.24, 2.45) is 5.92 Å². The first kappa shape index (κ1) is 25.1. The summed E-state index contributed by atoms with van der Waals surface area (Å²) in [6.07, 6.45) is 1.87. The Balaban J connectivity index is 2.19. The monoisotopic (exact) mass is 485 g/mol. The summed E-state index contributed by atoms with van der Waals surface area (Å²) in [5, 5.41) is 0. The van der Waals surface area contributed by atoms with Crippen LogP contribution in [-0.4, -0.2) is 30.7 Å². The second-order valence-electron chi connectivity index (χ2n) is 8.49. The van der Waals surface area contributed by atoms with E-state index in [1.54, 1.807) is 18.3 Å². The molecule has 0 amide bonds. The van der Waals surface area contributed by atoms with Crippen LogP contribution >= 0.6 is 0 Å². The first-order valence-corrected chi connectivity index (χ1v) is 12.5. The lowest BCUT2D eigenvalue weighted by Gasteiger charge is -2.19. The molecule has 0 aliphatic carbocycles. The number of hydrogen-bond donors (Lipinski definition) is 3. The van der Waals surface area contributed by atoms with Crippen molar-refractivity contribution in [3.63, 3.8) is 0 Å². The van der Waals surface area contributed by atoms with Crippen molar-refractivity contribution in [3.05, 3.63) is 53.2 Å². The number of nitrogen functional groups attached to an aromatic ring is 3. The molecule has 9 nitrogen and oxygen atoms in total. The van der Waals surface area contributed by atoms with Crippen LogP contribution in [0.2, 0.25) is 0 Å². The quantitative estimate of drug-likeness (QED) is 0.304. The molecule has 3 rings (SSSR count). The number of aryl methyl sites for hydroxylation is 1. The molecule has 10 heteroatoms. The van der Waals surface area contributed by atoms with Gasteiger partial charge in [-0.05, 0) is 60.7 Å². The number of aromatic nitrogens is 2. The highest BCUT2D eigenvalue weighted by Crippen LogP contribution is 2.42. The van der Waals surface area contributed by atoms with Crippen molar-refractivity contribution in [3.8, 4) is 22.6 Å². The lowest BCUT2D eigenvalue weighted by atomic mass is 9.97. The predicted octanol–water partition coefficient (Wildman–Crippen LogP) is 3.55. The van der Waals surface area contributed by atoms with E-state index in [2.05, 4.69) is 9.97 Å². The molecule has 2 aromatic carbocycles. The van der Waals surface area contributed by atoms with Gasteiger partial charge in [-0.2, -0.15) is 13.4 Å². The molecule has 34 heavy (non-hydrogen) atoms. The molecule has 0 saturated heterocycles. The average Bonchev–Trinajstić information content (AvgIpc) is 2.71. The Kier molecular flexibility index (Phi) is 7.51. The molecular weight excluding hydrogens is 454 g/mol. The summed E-state index contributed by atoms with van der Waals surface area (Å²) >= 11 is 0. The summed E-state index contributed by atoms with van der Waals surface area (Å²) in [5.74, 6) is 0.746. The zero-order valence-electron chi connectivity index (χ0n) is 19.8. The summed E-state index contributed by atoms with van der Waals surface area (Å²) in [6.45, 7) is 7.74. The Labute approximate surface area is 200 Å². The largest absolute Gasteiger partial charge is 0.493 e. The third kappa shape index (κ3) is 6.07. The minimum absolute atomic E-state index is 0.0779. The average molecular weight is 486 g/mol. The fourth-order valence-electron chi connectivity index (χ4n) is 3.57. The molecule has 182 valence electrons. The molecule has 0 fully saturated rings. The second-order valence-corrected chi connectivity index (χ2v) is 10.1. The first-order valence-electron chi connectivity index (χ1n) is 10.9. The van der Waals surface area contributed by atoms with Gasteiger partial charge in [-0.25, -0.2) is 4.98 Å². The predicted molar refractivity (Wildman–Crippen MR) is 135 cm³/mol. The maximum atomic E-state index is 12.8. The summed E-state index contributed by atoms with van der Waals surface area (Å²) in [4.78, 5) is 8.01. The highest BCUT2D eigenvalue weighted by molar-refractivity contribution is 7.87. The van der Waals surface area contributed by atoms with E-state index >= 15 is 0 Å². The van der Waals surface area contributed by atoms with Crippen LogP contribution in [-0.2, 0) is 16.5 Å². The highest BCUT2D eigenvalue weighted by atomic mass is 32.2. The molecule has 1 heterocycles. The van der Waals surface area contributed by atoms with Gasteiger partial charge in [-0.1, -0.05) is 19.9 Å². The van der Waals surface area contributed by atoms with Gasteiger partial charge in [0.2, 0.25) is 5.95 Å².